The van der Waals surface area contributed by atoms with Crippen LogP contribution in [0.25, 0.3) is 0 Å². The molecule has 0 aromatic heterocycles. The number of rotatable bonds is 1. The van der Waals surface area contributed by atoms with E-state index in [4.69, 9.17) is 4.74 Å². The van der Waals surface area contributed by atoms with E-state index < -0.39 is 0 Å². The Hall–Kier alpha value is -1.06. The lowest BCUT2D eigenvalue weighted by Gasteiger charge is -2.26. The van der Waals surface area contributed by atoms with Crippen LogP contribution in [0.2, 0.25) is 0 Å². The number of hydrogen-bond donors (Lipinski definition) is 1. The molecule has 0 saturated carbocycles. The van der Waals surface area contributed by atoms with E-state index in [1.165, 1.54) is 17.5 Å². The van der Waals surface area contributed by atoms with Crippen molar-refractivity contribution in [2.45, 2.75) is 18.9 Å². The zero-order valence-electron chi connectivity index (χ0n) is 10.4. The van der Waals surface area contributed by atoms with Crippen molar-refractivity contribution >= 4 is 0 Å². The minimum absolute atomic E-state index is 0.479. The van der Waals surface area contributed by atoms with Gasteiger partial charge in [0.05, 0.1) is 6.61 Å². The molecule has 3 heteroatoms. The van der Waals surface area contributed by atoms with Crippen molar-refractivity contribution in [2.24, 2.45) is 0 Å². The van der Waals surface area contributed by atoms with Crippen LogP contribution < -0.4 is 10.1 Å². The number of benzene rings is 1. The Balaban J connectivity index is 1.87. The first-order valence-electron chi connectivity index (χ1n) is 6.51. The summed E-state index contributed by atoms with van der Waals surface area (Å²) in [6.07, 6.45) is 2.29. The molecule has 3 rings (SSSR count). The topological polar surface area (TPSA) is 24.5 Å². The van der Waals surface area contributed by atoms with Gasteiger partial charge in [-0.2, -0.15) is 0 Å². The van der Waals surface area contributed by atoms with E-state index in [0.717, 1.165) is 38.4 Å². The van der Waals surface area contributed by atoms with Crippen LogP contribution in [0.1, 0.15) is 23.6 Å². The third kappa shape index (κ3) is 2.17. The Labute approximate surface area is 103 Å². The molecule has 17 heavy (non-hydrogen) atoms. The summed E-state index contributed by atoms with van der Waals surface area (Å²) in [6, 6.07) is 7.21. The molecule has 0 amide bonds. The molecule has 1 fully saturated rings. The molecule has 1 saturated heterocycles. The second kappa shape index (κ2) is 4.67. The fourth-order valence-corrected chi connectivity index (χ4v) is 2.77. The molecule has 0 aliphatic carbocycles. The van der Waals surface area contributed by atoms with Crippen LogP contribution in [0, 0.1) is 0 Å². The first-order chi connectivity index (χ1) is 8.34. The number of fused-ring (bicyclic) bond motifs is 1. The number of nitrogens with one attached hydrogen (secondary N) is 1. The Morgan fingerprint density at radius 3 is 3.29 bits per heavy atom. The van der Waals surface area contributed by atoms with Gasteiger partial charge < -0.3 is 10.1 Å². The van der Waals surface area contributed by atoms with Crippen LogP contribution in [0.3, 0.4) is 0 Å². The Morgan fingerprint density at radius 2 is 2.35 bits per heavy atom. The van der Waals surface area contributed by atoms with Gasteiger partial charge in [0.15, 0.2) is 0 Å². The summed E-state index contributed by atoms with van der Waals surface area (Å²) in [5, 5.41) is 3.51. The normalized spacial score (nSPS) is 25.1. The van der Waals surface area contributed by atoms with Crippen LogP contribution in [-0.2, 0) is 6.42 Å². The van der Waals surface area contributed by atoms with Gasteiger partial charge in [-0.25, -0.2) is 0 Å². The number of likely N-dealkylation sites (N-methyl/N-ethyl adjacent to an activating group) is 1. The van der Waals surface area contributed by atoms with Gasteiger partial charge >= 0.3 is 0 Å². The van der Waals surface area contributed by atoms with Gasteiger partial charge in [-0.3, -0.25) is 4.90 Å². The summed E-state index contributed by atoms with van der Waals surface area (Å²) < 4.78 is 5.66. The summed E-state index contributed by atoms with van der Waals surface area (Å²) in [7, 11) is 2.21. The third-order valence-electron chi connectivity index (χ3n) is 3.84. The van der Waals surface area contributed by atoms with E-state index in [9.17, 15) is 0 Å². The molecule has 92 valence electrons. The fraction of sp³-hybridized carbons (Fsp3) is 0.571. The van der Waals surface area contributed by atoms with Crippen LogP contribution in [0.15, 0.2) is 18.2 Å². The molecule has 2 aliphatic rings. The summed E-state index contributed by atoms with van der Waals surface area (Å²) in [5.41, 5.74) is 2.74. The highest BCUT2D eigenvalue weighted by Gasteiger charge is 2.21. The molecule has 1 atom stereocenters. The van der Waals surface area contributed by atoms with E-state index in [1.54, 1.807) is 0 Å². The average Bonchev–Trinajstić information content (AvgIpc) is 2.70. The predicted molar refractivity (Wildman–Crippen MR) is 68.5 cm³/mol. The largest absolute Gasteiger partial charge is 0.493 e. The van der Waals surface area contributed by atoms with Crippen molar-refractivity contribution in [3.8, 4) is 5.75 Å². The molecule has 1 aromatic rings. The van der Waals surface area contributed by atoms with E-state index in [1.807, 2.05) is 0 Å². The number of nitrogens with zero attached hydrogens (tertiary/aromatic N) is 1. The first kappa shape index (κ1) is 11.1. The van der Waals surface area contributed by atoms with Crippen LogP contribution in [0.4, 0.5) is 0 Å². The molecule has 0 bridgehead atoms. The Kier molecular flexibility index (Phi) is 3.04. The molecule has 1 unspecified atom stereocenters. The van der Waals surface area contributed by atoms with Gasteiger partial charge in [0.25, 0.3) is 0 Å². The maximum atomic E-state index is 5.66. The lowest BCUT2D eigenvalue weighted by atomic mass is 10.0. The minimum Gasteiger partial charge on any atom is -0.493 e. The van der Waals surface area contributed by atoms with Crippen molar-refractivity contribution in [2.75, 3.05) is 33.3 Å². The summed E-state index contributed by atoms with van der Waals surface area (Å²) in [5.74, 6) is 1.10. The third-order valence-corrected chi connectivity index (χ3v) is 3.84. The highest BCUT2D eigenvalue weighted by atomic mass is 16.5. The number of hydrogen-bond acceptors (Lipinski definition) is 3. The molecule has 0 spiro atoms. The van der Waals surface area contributed by atoms with Crippen molar-refractivity contribution in [3.63, 3.8) is 0 Å². The maximum absolute atomic E-state index is 5.66. The van der Waals surface area contributed by atoms with Crippen molar-refractivity contribution in [1.29, 1.82) is 0 Å². The van der Waals surface area contributed by atoms with Crippen molar-refractivity contribution < 1.29 is 4.74 Å². The second-order valence-corrected chi connectivity index (χ2v) is 5.02. The van der Waals surface area contributed by atoms with Crippen molar-refractivity contribution in [1.82, 2.24) is 10.2 Å². The van der Waals surface area contributed by atoms with Gasteiger partial charge in [-0.1, -0.05) is 12.1 Å². The fourth-order valence-electron chi connectivity index (χ4n) is 2.77. The van der Waals surface area contributed by atoms with E-state index in [-0.39, 0.29) is 0 Å². The summed E-state index contributed by atoms with van der Waals surface area (Å²) in [6.45, 7) is 4.17. The monoisotopic (exact) mass is 232 g/mol. The first-order valence-corrected chi connectivity index (χ1v) is 6.51. The zero-order valence-corrected chi connectivity index (χ0v) is 10.4. The smallest absolute Gasteiger partial charge is 0.122 e. The zero-order chi connectivity index (χ0) is 11.7. The van der Waals surface area contributed by atoms with E-state index in [2.05, 4.69) is 35.5 Å². The van der Waals surface area contributed by atoms with Crippen LogP contribution in [0.5, 0.6) is 5.75 Å². The summed E-state index contributed by atoms with van der Waals surface area (Å²) in [4.78, 5) is 2.44. The van der Waals surface area contributed by atoms with E-state index in [0.29, 0.717) is 6.04 Å². The highest BCUT2D eigenvalue weighted by molar-refractivity contribution is 5.41. The quantitative estimate of drug-likeness (QED) is 0.796. The van der Waals surface area contributed by atoms with E-state index >= 15 is 0 Å². The Bertz CT molecular complexity index is 405. The minimum atomic E-state index is 0.479. The molecule has 3 nitrogen and oxygen atoms in total. The SMILES string of the molecule is CN1CCCNCC1c1ccc2c(c1)OCC2. The Morgan fingerprint density at radius 1 is 1.41 bits per heavy atom. The molecule has 2 heterocycles. The molecular formula is C14H20N2O. The molecule has 1 aromatic carbocycles. The molecular weight excluding hydrogens is 212 g/mol. The maximum Gasteiger partial charge on any atom is 0.122 e. The van der Waals surface area contributed by atoms with Crippen molar-refractivity contribution in [3.05, 3.63) is 29.3 Å². The molecule has 0 radical (unpaired) electrons. The van der Waals surface area contributed by atoms with Crippen LogP contribution in [-0.4, -0.2) is 38.2 Å². The molecule has 2 aliphatic heterocycles. The lowest BCUT2D eigenvalue weighted by molar-refractivity contribution is 0.261. The lowest BCUT2D eigenvalue weighted by Crippen LogP contribution is -2.29. The van der Waals surface area contributed by atoms with Gasteiger partial charge in [0.2, 0.25) is 0 Å². The highest BCUT2D eigenvalue weighted by Crippen LogP contribution is 2.30. The van der Waals surface area contributed by atoms with Gasteiger partial charge in [0.1, 0.15) is 5.75 Å². The van der Waals surface area contributed by atoms with Gasteiger partial charge in [-0.15, -0.1) is 0 Å². The standard InChI is InChI=1S/C14H20N2O/c1-16-7-2-6-15-10-13(16)12-4-3-11-5-8-17-14(11)9-12/h3-4,9,13,15H,2,5-8,10H2,1H3. The van der Waals surface area contributed by atoms with Gasteiger partial charge in [0, 0.05) is 19.0 Å². The second-order valence-electron chi connectivity index (χ2n) is 5.02. The molecule has 1 N–H and O–H groups in total. The summed E-state index contributed by atoms with van der Waals surface area (Å²) >= 11 is 0. The average molecular weight is 232 g/mol. The number of ether oxygens (including phenoxy) is 1. The van der Waals surface area contributed by atoms with Crippen LogP contribution >= 0.6 is 0 Å². The van der Waals surface area contributed by atoms with Gasteiger partial charge in [-0.05, 0) is 43.8 Å². The predicted octanol–water partition coefficient (Wildman–Crippen LogP) is 1.59.